The Hall–Kier alpha value is -0.500. The van der Waals surface area contributed by atoms with Crippen molar-refractivity contribution in [2.45, 2.75) is 25.3 Å². The zero-order valence-corrected chi connectivity index (χ0v) is 11.7. The predicted octanol–water partition coefficient (Wildman–Crippen LogP) is 0.956. The first-order valence-corrected chi connectivity index (χ1v) is 7.87. The Kier molecular flexibility index (Phi) is 3.82. The van der Waals surface area contributed by atoms with Crippen molar-refractivity contribution in [3.05, 3.63) is 16.6 Å². The Labute approximate surface area is 106 Å². The molecule has 5 nitrogen and oxygen atoms in total. The van der Waals surface area contributed by atoms with E-state index in [1.165, 1.54) is 4.31 Å². The molecule has 0 aromatic carbocycles. The highest BCUT2D eigenvalue weighted by Crippen LogP contribution is 2.30. The van der Waals surface area contributed by atoms with Crippen molar-refractivity contribution in [1.29, 1.82) is 0 Å². The van der Waals surface area contributed by atoms with Crippen LogP contribution in [0.15, 0.2) is 11.6 Å². The zero-order chi connectivity index (χ0) is 12.5. The van der Waals surface area contributed by atoms with Gasteiger partial charge in [0.1, 0.15) is 0 Å². The normalized spacial score (nSPS) is 16.9. The lowest BCUT2D eigenvalue weighted by atomic mass is 10.4. The van der Waals surface area contributed by atoms with E-state index in [1.54, 1.807) is 35.9 Å². The first-order valence-electron chi connectivity index (χ1n) is 5.59. The number of aromatic nitrogens is 1. The van der Waals surface area contributed by atoms with Crippen molar-refractivity contribution >= 4 is 21.5 Å². The quantitative estimate of drug-likeness (QED) is 0.777. The molecule has 7 heteroatoms. The molecule has 0 unspecified atom stereocenters. The topological polar surface area (TPSA) is 53.5 Å². The highest BCUT2D eigenvalue weighted by Gasteiger charge is 2.37. The molecule has 0 saturated heterocycles. The molecule has 1 aromatic rings. The molecular formula is C10H17N3O2S2. The van der Waals surface area contributed by atoms with E-state index in [1.807, 2.05) is 5.38 Å². The Morgan fingerprint density at radius 3 is 2.65 bits per heavy atom. The van der Waals surface area contributed by atoms with Crippen LogP contribution in [-0.2, 0) is 16.6 Å². The van der Waals surface area contributed by atoms with E-state index in [0.717, 1.165) is 17.8 Å². The van der Waals surface area contributed by atoms with Crippen molar-refractivity contribution in [1.82, 2.24) is 13.6 Å². The van der Waals surface area contributed by atoms with Crippen LogP contribution in [0.5, 0.6) is 0 Å². The van der Waals surface area contributed by atoms with Gasteiger partial charge in [0.05, 0.1) is 5.01 Å². The van der Waals surface area contributed by atoms with Crippen molar-refractivity contribution in [2.75, 3.05) is 20.6 Å². The van der Waals surface area contributed by atoms with Crippen molar-refractivity contribution in [3.8, 4) is 0 Å². The van der Waals surface area contributed by atoms with Gasteiger partial charge >= 0.3 is 0 Å². The van der Waals surface area contributed by atoms with Gasteiger partial charge in [-0.05, 0) is 12.8 Å². The first kappa shape index (κ1) is 12.9. The fourth-order valence-electron chi connectivity index (χ4n) is 1.64. The molecule has 0 amide bonds. The van der Waals surface area contributed by atoms with E-state index >= 15 is 0 Å². The van der Waals surface area contributed by atoms with Crippen molar-refractivity contribution in [3.63, 3.8) is 0 Å². The van der Waals surface area contributed by atoms with Crippen LogP contribution in [0.4, 0.5) is 0 Å². The van der Waals surface area contributed by atoms with Crippen LogP contribution in [0.3, 0.4) is 0 Å². The van der Waals surface area contributed by atoms with Gasteiger partial charge < -0.3 is 0 Å². The number of hydrogen-bond acceptors (Lipinski definition) is 4. The van der Waals surface area contributed by atoms with E-state index in [-0.39, 0.29) is 6.04 Å². The molecule has 0 spiro atoms. The minimum Gasteiger partial charge on any atom is -0.250 e. The van der Waals surface area contributed by atoms with E-state index in [4.69, 9.17) is 0 Å². The van der Waals surface area contributed by atoms with E-state index < -0.39 is 10.2 Å². The molecule has 0 N–H and O–H groups in total. The van der Waals surface area contributed by atoms with Crippen LogP contribution in [-0.4, -0.2) is 48.7 Å². The smallest absolute Gasteiger partial charge is 0.250 e. The van der Waals surface area contributed by atoms with Crippen LogP contribution in [0.25, 0.3) is 0 Å². The van der Waals surface area contributed by atoms with Gasteiger partial charge in [-0.15, -0.1) is 11.3 Å². The second kappa shape index (κ2) is 5.01. The summed E-state index contributed by atoms with van der Waals surface area (Å²) in [4.78, 5) is 4.18. The molecule has 1 heterocycles. The van der Waals surface area contributed by atoms with Gasteiger partial charge in [0.25, 0.3) is 10.2 Å². The zero-order valence-electron chi connectivity index (χ0n) is 10.0. The molecule has 1 saturated carbocycles. The second-order valence-electron chi connectivity index (χ2n) is 4.31. The Bertz CT molecular complexity index is 452. The van der Waals surface area contributed by atoms with E-state index in [0.29, 0.717) is 13.0 Å². The average Bonchev–Trinajstić information content (AvgIpc) is 2.94. The van der Waals surface area contributed by atoms with E-state index in [2.05, 4.69) is 4.98 Å². The molecule has 0 aliphatic heterocycles. The minimum absolute atomic E-state index is 0.197. The van der Waals surface area contributed by atoms with Gasteiger partial charge in [0, 0.05) is 44.7 Å². The van der Waals surface area contributed by atoms with Crippen LogP contribution in [0, 0.1) is 0 Å². The van der Waals surface area contributed by atoms with Gasteiger partial charge in [-0.25, -0.2) is 4.98 Å². The number of thiazole rings is 1. The second-order valence-corrected chi connectivity index (χ2v) is 7.38. The lowest BCUT2D eigenvalue weighted by molar-refractivity contribution is 0.370. The fraction of sp³-hybridized carbons (Fsp3) is 0.700. The summed E-state index contributed by atoms with van der Waals surface area (Å²) >= 11 is 1.57. The Morgan fingerprint density at radius 1 is 1.47 bits per heavy atom. The predicted molar refractivity (Wildman–Crippen MR) is 68.2 cm³/mol. The summed E-state index contributed by atoms with van der Waals surface area (Å²) in [7, 11) is -0.130. The summed E-state index contributed by atoms with van der Waals surface area (Å²) in [5, 5.41) is 2.90. The molecule has 1 aliphatic rings. The number of nitrogens with zero attached hydrogens (tertiary/aromatic N) is 3. The van der Waals surface area contributed by atoms with Crippen LogP contribution in [0.2, 0.25) is 0 Å². The molecule has 1 fully saturated rings. The molecule has 1 aromatic heterocycles. The monoisotopic (exact) mass is 275 g/mol. The molecule has 2 rings (SSSR count). The number of hydrogen-bond donors (Lipinski definition) is 0. The summed E-state index contributed by atoms with van der Waals surface area (Å²) < 4.78 is 27.1. The third kappa shape index (κ3) is 3.04. The van der Waals surface area contributed by atoms with Gasteiger partial charge in [-0.2, -0.15) is 17.0 Å². The minimum atomic E-state index is -3.29. The van der Waals surface area contributed by atoms with Crippen molar-refractivity contribution < 1.29 is 8.42 Å². The Morgan fingerprint density at radius 2 is 2.18 bits per heavy atom. The summed E-state index contributed by atoms with van der Waals surface area (Å²) in [6.45, 7) is 0.526. The molecular weight excluding hydrogens is 258 g/mol. The summed E-state index contributed by atoms with van der Waals surface area (Å²) in [5.74, 6) is 0. The highest BCUT2D eigenvalue weighted by atomic mass is 32.2. The maximum absolute atomic E-state index is 12.1. The lowest BCUT2D eigenvalue weighted by Crippen LogP contribution is -2.42. The van der Waals surface area contributed by atoms with E-state index in [9.17, 15) is 8.42 Å². The summed E-state index contributed by atoms with van der Waals surface area (Å²) in [5.41, 5.74) is 0. The molecule has 96 valence electrons. The maximum Gasteiger partial charge on any atom is 0.281 e. The van der Waals surface area contributed by atoms with Gasteiger partial charge in [-0.3, -0.25) is 0 Å². The summed E-state index contributed by atoms with van der Waals surface area (Å²) in [6.07, 6.45) is 4.40. The van der Waals surface area contributed by atoms with Crippen molar-refractivity contribution in [2.24, 2.45) is 0 Å². The first-order chi connectivity index (χ1) is 8.01. The average molecular weight is 275 g/mol. The largest absolute Gasteiger partial charge is 0.281 e. The van der Waals surface area contributed by atoms with Crippen LogP contribution in [0.1, 0.15) is 17.8 Å². The molecule has 1 aliphatic carbocycles. The molecule has 0 atom stereocenters. The van der Waals surface area contributed by atoms with Gasteiger partial charge in [0.15, 0.2) is 0 Å². The third-order valence-electron chi connectivity index (χ3n) is 2.74. The fourth-order valence-corrected chi connectivity index (χ4v) is 3.58. The SMILES string of the molecule is CN(C)S(=O)(=O)N(CCc1nccs1)C1CC1. The summed E-state index contributed by atoms with van der Waals surface area (Å²) in [6, 6.07) is 0.197. The van der Waals surface area contributed by atoms with Gasteiger partial charge in [0.2, 0.25) is 0 Å². The molecule has 17 heavy (non-hydrogen) atoms. The Balaban J connectivity index is 2.03. The maximum atomic E-state index is 12.1. The van der Waals surface area contributed by atoms with Crippen LogP contribution >= 0.6 is 11.3 Å². The third-order valence-corrected chi connectivity index (χ3v) is 5.58. The highest BCUT2D eigenvalue weighted by molar-refractivity contribution is 7.86. The molecule has 0 bridgehead atoms. The standard InChI is InChI=1S/C10H17N3O2S2/c1-12(2)17(14,15)13(9-3-4-9)7-5-10-11-6-8-16-10/h6,8-9H,3-5,7H2,1-2H3. The molecule has 0 radical (unpaired) electrons. The van der Waals surface area contributed by atoms with Gasteiger partial charge in [-0.1, -0.05) is 0 Å². The number of rotatable bonds is 6. The lowest BCUT2D eigenvalue weighted by Gasteiger charge is -2.24. The van der Waals surface area contributed by atoms with Crippen LogP contribution < -0.4 is 0 Å².